The van der Waals surface area contributed by atoms with Crippen molar-refractivity contribution in [2.24, 2.45) is 0 Å². The van der Waals surface area contributed by atoms with Crippen molar-refractivity contribution in [3.05, 3.63) is 30.3 Å². The monoisotopic (exact) mass is 273 g/mol. The zero-order chi connectivity index (χ0) is 13.4. The molecule has 0 amide bonds. The number of likely N-dealkylation sites (N-methyl/N-ethyl adjacent to an activating group) is 1. The van der Waals surface area contributed by atoms with Gasteiger partial charge in [-0.15, -0.1) is 0 Å². The molecule has 1 aromatic rings. The zero-order valence-electron chi connectivity index (χ0n) is 10.7. The van der Waals surface area contributed by atoms with Crippen molar-refractivity contribution in [3.8, 4) is 0 Å². The largest absolute Gasteiger partial charge is 0.378 e. The average Bonchev–Trinajstić information content (AvgIpc) is 2.34. The molecule has 0 saturated carbocycles. The number of rotatable bonds is 8. The van der Waals surface area contributed by atoms with Crippen molar-refractivity contribution in [3.63, 3.8) is 0 Å². The summed E-state index contributed by atoms with van der Waals surface area (Å²) in [6, 6.07) is 8.07. The molecule has 0 aliphatic rings. The Kier molecular flexibility index (Phi) is 6.28. The summed E-state index contributed by atoms with van der Waals surface area (Å²) < 4.78 is 33.5. The first-order valence-electron chi connectivity index (χ1n) is 5.69. The minimum absolute atomic E-state index is 0.0324. The molecule has 1 rings (SSSR count). The van der Waals surface area contributed by atoms with E-state index in [1.807, 2.05) is 19.0 Å². The van der Waals surface area contributed by atoms with E-state index in [9.17, 15) is 8.42 Å². The van der Waals surface area contributed by atoms with Crippen LogP contribution in [0.25, 0.3) is 0 Å². The van der Waals surface area contributed by atoms with E-state index in [0.717, 1.165) is 6.54 Å². The van der Waals surface area contributed by atoms with E-state index in [2.05, 4.69) is 0 Å². The highest BCUT2D eigenvalue weighted by atomic mass is 32.2. The lowest BCUT2D eigenvalue weighted by molar-refractivity contribution is 0.0906. The summed E-state index contributed by atoms with van der Waals surface area (Å²) >= 11 is 0. The predicted octanol–water partition coefficient (Wildman–Crippen LogP) is 0.970. The van der Waals surface area contributed by atoms with E-state index in [-0.39, 0.29) is 18.1 Å². The van der Waals surface area contributed by atoms with E-state index < -0.39 is 10.1 Å². The predicted molar refractivity (Wildman–Crippen MR) is 69.0 cm³/mol. The summed E-state index contributed by atoms with van der Waals surface area (Å²) in [7, 11) is 0.234. The van der Waals surface area contributed by atoms with Crippen LogP contribution in [-0.4, -0.2) is 53.8 Å². The fraction of sp³-hybridized carbons (Fsp3) is 0.500. The molecule has 0 aliphatic heterocycles. The SMILES string of the molecule is CN(C)CCOCCOS(=O)(=O)c1ccccc1. The summed E-state index contributed by atoms with van der Waals surface area (Å²) in [6.45, 7) is 1.65. The molecule has 0 fully saturated rings. The van der Waals surface area contributed by atoms with Crippen LogP contribution in [0.2, 0.25) is 0 Å². The first kappa shape index (κ1) is 15.1. The van der Waals surface area contributed by atoms with Gasteiger partial charge in [-0.05, 0) is 26.2 Å². The minimum atomic E-state index is -3.65. The van der Waals surface area contributed by atoms with Gasteiger partial charge < -0.3 is 9.64 Å². The van der Waals surface area contributed by atoms with Crippen LogP contribution in [0.5, 0.6) is 0 Å². The lowest BCUT2D eigenvalue weighted by Crippen LogP contribution is -2.19. The van der Waals surface area contributed by atoms with E-state index in [1.165, 1.54) is 12.1 Å². The topological polar surface area (TPSA) is 55.8 Å². The molecule has 0 atom stereocenters. The molecule has 0 radical (unpaired) electrons. The smallest absolute Gasteiger partial charge is 0.297 e. The van der Waals surface area contributed by atoms with Crippen LogP contribution in [0, 0.1) is 0 Å². The number of hydrogen-bond donors (Lipinski definition) is 0. The van der Waals surface area contributed by atoms with Gasteiger partial charge in [0.2, 0.25) is 0 Å². The molecule has 0 bridgehead atoms. The fourth-order valence-corrected chi connectivity index (χ4v) is 2.12. The molecular weight excluding hydrogens is 254 g/mol. The standard InChI is InChI=1S/C12H19NO4S/c1-13(2)8-9-16-10-11-17-18(14,15)12-6-4-3-5-7-12/h3-7H,8-11H2,1-2H3. The third-order valence-corrected chi connectivity index (χ3v) is 3.51. The van der Waals surface area contributed by atoms with Crippen molar-refractivity contribution in [2.75, 3.05) is 40.5 Å². The second kappa shape index (κ2) is 7.48. The van der Waals surface area contributed by atoms with Crippen molar-refractivity contribution >= 4 is 10.1 Å². The van der Waals surface area contributed by atoms with E-state index >= 15 is 0 Å². The highest BCUT2D eigenvalue weighted by Crippen LogP contribution is 2.10. The van der Waals surface area contributed by atoms with Gasteiger partial charge in [-0.1, -0.05) is 18.2 Å². The van der Waals surface area contributed by atoms with E-state index in [4.69, 9.17) is 8.92 Å². The molecule has 0 unspecified atom stereocenters. The lowest BCUT2D eigenvalue weighted by atomic mass is 10.4. The Morgan fingerprint density at radius 3 is 2.33 bits per heavy atom. The molecule has 0 N–H and O–H groups in total. The second-order valence-electron chi connectivity index (χ2n) is 4.00. The number of nitrogens with zero attached hydrogens (tertiary/aromatic N) is 1. The number of benzene rings is 1. The van der Waals surface area contributed by atoms with Crippen LogP contribution in [0.1, 0.15) is 0 Å². The van der Waals surface area contributed by atoms with E-state index in [1.54, 1.807) is 18.2 Å². The van der Waals surface area contributed by atoms with Crippen molar-refractivity contribution in [1.82, 2.24) is 4.90 Å². The maximum atomic E-state index is 11.7. The van der Waals surface area contributed by atoms with Crippen LogP contribution >= 0.6 is 0 Å². The zero-order valence-corrected chi connectivity index (χ0v) is 11.5. The van der Waals surface area contributed by atoms with Crippen molar-refractivity contribution in [1.29, 1.82) is 0 Å². The molecule has 102 valence electrons. The van der Waals surface area contributed by atoms with Gasteiger partial charge in [0, 0.05) is 6.54 Å². The summed E-state index contributed by atoms with van der Waals surface area (Å²) in [5, 5.41) is 0. The molecule has 0 aromatic heterocycles. The second-order valence-corrected chi connectivity index (χ2v) is 5.62. The summed E-state index contributed by atoms with van der Waals surface area (Å²) in [6.07, 6.45) is 0. The molecule has 1 aromatic carbocycles. The van der Waals surface area contributed by atoms with Gasteiger partial charge in [-0.2, -0.15) is 8.42 Å². The highest BCUT2D eigenvalue weighted by molar-refractivity contribution is 7.86. The summed E-state index contributed by atoms with van der Waals surface area (Å²) in [5.41, 5.74) is 0. The Bertz CT molecular complexity index is 431. The summed E-state index contributed by atoms with van der Waals surface area (Å²) in [5.74, 6) is 0. The van der Waals surface area contributed by atoms with Gasteiger partial charge in [-0.25, -0.2) is 0 Å². The molecule has 6 heteroatoms. The van der Waals surface area contributed by atoms with Gasteiger partial charge in [-0.3, -0.25) is 4.18 Å². The first-order valence-corrected chi connectivity index (χ1v) is 7.10. The normalized spacial score (nSPS) is 11.9. The Morgan fingerprint density at radius 2 is 1.72 bits per heavy atom. The third-order valence-electron chi connectivity index (χ3n) is 2.18. The fourth-order valence-electron chi connectivity index (χ4n) is 1.21. The Labute approximate surface area is 108 Å². The molecule has 0 saturated heterocycles. The molecule has 18 heavy (non-hydrogen) atoms. The van der Waals surface area contributed by atoms with Gasteiger partial charge in [0.1, 0.15) is 0 Å². The van der Waals surface area contributed by atoms with Crippen molar-refractivity contribution < 1.29 is 17.3 Å². The average molecular weight is 273 g/mol. The van der Waals surface area contributed by atoms with Gasteiger partial charge >= 0.3 is 0 Å². The first-order chi connectivity index (χ1) is 8.52. The van der Waals surface area contributed by atoms with Gasteiger partial charge in [0.05, 0.1) is 24.7 Å². The molecule has 0 spiro atoms. The molecular formula is C12H19NO4S. The molecule has 0 heterocycles. The quantitative estimate of drug-likeness (QED) is 0.522. The Balaban J connectivity index is 2.27. The molecule has 5 nitrogen and oxygen atoms in total. The lowest BCUT2D eigenvalue weighted by Gasteiger charge is -2.10. The van der Waals surface area contributed by atoms with Crippen molar-refractivity contribution in [2.45, 2.75) is 4.90 Å². The highest BCUT2D eigenvalue weighted by Gasteiger charge is 2.13. The summed E-state index contributed by atoms with van der Waals surface area (Å²) in [4.78, 5) is 2.15. The Morgan fingerprint density at radius 1 is 1.06 bits per heavy atom. The number of hydrogen-bond acceptors (Lipinski definition) is 5. The third kappa shape index (κ3) is 5.59. The number of ether oxygens (including phenoxy) is 1. The Hall–Kier alpha value is -0.950. The van der Waals surface area contributed by atoms with Gasteiger partial charge in [0.15, 0.2) is 0 Å². The maximum Gasteiger partial charge on any atom is 0.297 e. The maximum absolute atomic E-state index is 11.7. The van der Waals surface area contributed by atoms with Crippen LogP contribution in [-0.2, 0) is 19.0 Å². The molecule has 0 aliphatic carbocycles. The van der Waals surface area contributed by atoms with Crippen LogP contribution < -0.4 is 0 Å². The van der Waals surface area contributed by atoms with E-state index in [0.29, 0.717) is 6.61 Å². The minimum Gasteiger partial charge on any atom is -0.378 e. The van der Waals surface area contributed by atoms with Crippen LogP contribution in [0.15, 0.2) is 35.2 Å². The van der Waals surface area contributed by atoms with Crippen LogP contribution in [0.4, 0.5) is 0 Å². The van der Waals surface area contributed by atoms with Gasteiger partial charge in [0.25, 0.3) is 10.1 Å². The van der Waals surface area contributed by atoms with Crippen LogP contribution in [0.3, 0.4) is 0 Å².